The van der Waals surface area contributed by atoms with Crippen LogP contribution in [0.3, 0.4) is 0 Å². The summed E-state index contributed by atoms with van der Waals surface area (Å²) in [7, 11) is 1.73. The summed E-state index contributed by atoms with van der Waals surface area (Å²) in [6.07, 6.45) is 0. The summed E-state index contributed by atoms with van der Waals surface area (Å²) in [5, 5.41) is 0. The molecule has 3 rings (SSSR count). The first-order chi connectivity index (χ1) is 13.1. The lowest BCUT2D eigenvalue weighted by Gasteiger charge is -2.21. The molecule has 28 heavy (non-hydrogen) atoms. The topological polar surface area (TPSA) is 9.23 Å². The van der Waals surface area contributed by atoms with Gasteiger partial charge in [0.2, 0.25) is 0 Å². The van der Waals surface area contributed by atoms with Crippen molar-refractivity contribution in [2.45, 2.75) is 52.4 Å². The summed E-state index contributed by atoms with van der Waals surface area (Å²) >= 11 is 0. The third kappa shape index (κ3) is 4.14. The van der Waals surface area contributed by atoms with Gasteiger partial charge in [0.1, 0.15) is 5.75 Å². The molecule has 0 bridgehead atoms. The van der Waals surface area contributed by atoms with Gasteiger partial charge in [0.15, 0.2) is 0 Å². The van der Waals surface area contributed by atoms with Gasteiger partial charge in [-0.05, 0) is 45.2 Å². The van der Waals surface area contributed by atoms with Crippen molar-refractivity contribution in [3.63, 3.8) is 0 Å². The lowest BCUT2D eigenvalue weighted by molar-refractivity contribution is 0.416. The molecule has 3 aromatic carbocycles. The Morgan fingerprint density at radius 2 is 1.11 bits per heavy atom. The Morgan fingerprint density at radius 1 is 0.643 bits per heavy atom. The molecule has 0 aliphatic rings. The number of hydrogen-bond donors (Lipinski definition) is 0. The van der Waals surface area contributed by atoms with Crippen LogP contribution < -0.4 is 4.74 Å². The second-order valence-corrected chi connectivity index (χ2v) is 9.45. The average molecular weight is 372 g/mol. The molecule has 0 saturated heterocycles. The predicted molar refractivity (Wildman–Crippen MR) is 120 cm³/mol. The van der Waals surface area contributed by atoms with Gasteiger partial charge < -0.3 is 4.74 Å². The summed E-state index contributed by atoms with van der Waals surface area (Å²) in [6, 6.07) is 25.0. The van der Waals surface area contributed by atoms with Crippen LogP contribution in [0.15, 0.2) is 60.7 Å². The van der Waals surface area contributed by atoms with Crippen LogP contribution in [0.2, 0.25) is 0 Å². The minimum atomic E-state index is 0.136. The summed E-state index contributed by atoms with van der Waals surface area (Å²) in [5.74, 6) is 0.872. The zero-order valence-corrected chi connectivity index (χ0v) is 18.2. The van der Waals surface area contributed by atoms with Crippen molar-refractivity contribution in [2.75, 3.05) is 7.11 Å². The molecule has 0 heterocycles. The van der Waals surface area contributed by atoms with Gasteiger partial charge in [-0.2, -0.15) is 0 Å². The van der Waals surface area contributed by atoms with Crippen LogP contribution in [0.1, 0.15) is 52.7 Å². The molecule has 0 aliphatic carbocycles. The summed E-state index contributed by atoms with van der Waals surface area (Å²) in [5.41, 5.74) is 7.40. The SMILES string of the molecule is COc1cc[c]c(-c2ccc(C(C)(C)C)cc2)c1-c1ccc(C(C)(C)C)cc1. The highest BCUT2D eigenvalue weighted by atomic mass is 16.5. The fourth-order valence-electron chi connectivity index (χ4n) is 3.44. The molecule has 0 aromatic heterocycles. The van der Waals surface area contributed by atoms with Gasteiger partial charge in [-0.1, -0.05) is 96.1 Å². The third-order valence-corrected chi connectivity index (χ3v) is 5.26. The molecule has 0 fully saturated rings. The van der Waals surface area contributed by atoms with Crippen LogP contribution >= 0.6 is 0 Å². The molecule has 0 spiro atoms. The zero-order valence-electron chi connectivity index (χ0n) is 18.2. The van der Waals surface area contributed by atoms with Crippen molar-refractivity contribution < 1.29 is 4.74 Å². The highest BCUT2D eigenvalue weighted by molar-refractivity contribution is 5.87. The Bertz CT molecular complexity index is 934. The van der Waals surface area contributed by atoms with Gasteiger partial charge in [-0.25, -0.2) is 0 Å². The first-order valence-corrected chi connectivity index (χ1v) is 9.92. The van der Waals surface area contributed by atoms with Crippen molar-refractivity contribution in [1.82, 2.24) is 0 Å². The van der Waals surface area contributed by atoms with E-state index in [-0.39, 0.29) is 10.8 Å². The van der Waals surface area contributed by atoms with Crippen LogP contribution in [0.25, 0.3) is 22.3 Å². The quantitative estimate of drug-likeness (QED) is 0.465. The second-order valence-electron chi connectivity index (χ2n) is 9.45. The van der Waals surface area contributed by atoms with Crippen LogP contribution in [-0.4, -0.2) is 7.11 Å². The molecular weight excluding hydrogens is 340 g/mol. The second kappa shape index (κ2) is 7.47. The maximum Gasteiger partial charge on any atom is 0.127 e. The van der Waals surface area contributed by atoms with E-state index in [4.69, 9.17) is 4.74 Å². The Morgan fingerprint density at radius 3 is 1.54 bits per heavy atom. The van der Waals surface area contributed by atoms with Gasteiger partial charge in [0, 0.05) is 11.1 Å². The van der Waals surface area contributed by atoms with Crippen molar-refractivity contribution in [3.8, 4) is 28.0 Å². The van der Waals surface area contributed by atoms with Gasteiger partial charge in [-0.3, -0.25) is 0 Å². The third-order valence-electron chi connectivity index (χ3n) is 5.26. The smallest absolute Gasteiger partial charge is 0.127 e. The molecule has 145 valence electrons. The fourth-order valence-corrected chi connectivity index (χ4v) is 3.44. The molecule has 0 saturated carbocycles. The van der Waals surface area contributed by atoms with Crippen LogP contribution in [-0.2, 0) is 10.8 Å². The van der Waals surface area contributed by atoms with E-state index in [0.717, 1.165) is 28.0 Å². The van der Waals surface area contributed by atoms with Crippen LogP contribution in [0, 0.1) is 6.07 Å². The van der Waals surface area contributed by atoms with Crippen LogP contribution in [0.5, 0.6) is 5.75 Å². The number of methoxy groups -OCH3 is 1. The molecule has 0 N–H and O–H groups in total. The van der Waals surface area contributed by atoms with E-state index in [0.29, 0.717) is 0 Å². The van der Waals surface area contributed by atoms with Crippen LogP contribution in [0.4, 0.5) is 0 Å². The highest BCUT2D eigenvalue weighted by Crippen LogP contribution is 2.40. The van der Waals surface area contributed by atoms with Gasteiger partial charge in [0.05, 0.1) is 7.11 Å². The van der Waals surface area contributed by atoms with Crippen molar-refractivity contribution in [1.29, 1.82) is 0 Å². The molecule has 1 radical (unpaired) electrons. The van der Waals surface area contributed by atoms with E-state index >= 15 is 0 Å². The number of rotatable bonds is 3. The van der Waals surface area contributed by atoms with Crippen molar-refractivity contribution in [3.05, 3.63) is 77.9 Å². The van der Waals surface area contributed by atoms with Gasteiger partial charge >= 0.3 is 0 Å². The van der Waals surface area contributed by atoms with E-state index < -0.39 is 0 Å². The first-order valence-electron chi connectivity index (χ1n) is 9.92. The highest BCUT2D eigenvalue weighted by Gasteiger charge is 2.18. The summed E-state index contributed by atoms with van der Waals surface area (Å²) < 4.78 is 5.72. The largest absolute Gasteiger partial charge is 0.496 e. The molecule has 3 aromatic rings. The minimum Gasteiger partial charge on any atom is -0.496 e. The Kier molecular flexibility index (Phi) is 5.39. The van der Waals surface area contributed by atoms with E-state index in [1.54, 1.807) is 7.11 Å². The van der Waals surface area contributed by atoms with E-state index in [9.17, 15) is 0 Å². The Labute approximate surface area is 170 Å². The molecule has 0 amide bonds. The lowest BCUT2D eigenvalue weighted by atomic mass is 9.84. The lowest BCUT2D eigenvalue weighted by Crippen LogP contribution is -2.10. The molecular formula is C27H31O. The average Bonchev–Trinajstić information content (AvgIpc) is 2.66. The van der Waals surface area contributed by atoms with E-state index in [1.807, 2.05) is 12.1 Å². The van der Waals surface area contributed by atoms with E-state index in [2.05, 4.69) is 96.1 Å². The van der Waals surface area contributed by atoms with E-state index in [1.165, 1.54) is 11.1 Å². The summed E-state index contributed by atoms with van der Waals surface area (Å²) in [4.78, 5) is 0. The fraction of sp³-hybridized carbons (Fsp3) is 0.333. The standard InChI is InChI=1S/C27H31O/c1-26(2,3)21-15-11-19(12-16-21)23-9-8-10-24(28-7)25(23)20-13-17-22(18-14-20)27(4,5)6/h8,10-18H,1-7H3. The molecule has 0 unspecified atom stereocenters. The predicted octanol–water partition coefficient (Wildman–Crippen LogP) is 7.42. The first kappa shape index (κ1) is 20.2. The Hall–Kier alpha value is -2.54. The zero-order chi connectivity index (χ0) is 20.5. The summed E-state index contributed by atoms with van der Waals surface area (Å²) in [6.45, 7) is 13.4. The molecule has 1 heteroatoms. The monoisotopic (exact) mass is 371 g/mol. The minimum absolute atomic E-state index is 0.136. The Balaban J connectivity index is 2.12. The number of hydrogen-bond acceptors (Lipinski definition) is 1. The van der Waals surface area contributed by atoms with Crippen molar-refractivity contribution >= 4 is 0 Å². The molecule has 0 aliphatic heterocycles. The molecule has 0 atom stereocenters. The maximum atomic E-state index is 5.72. The number of benzene rings is 3. The van der Waals surface area contributed by atoms with Gasteiger partial charge in [-0.15, -0.1) is 0 Å². The van der Waals surface area contributed by atoms with Gasteiger partial charge in [0.25, 0.3) is 0 Å². The maximum absolute atomic E-state index is 5.72. The normalized spacial score (nSPS) is 12.1. The molecule has 1 nitrogen and oxygen atoms in total. The number of ether oxygens (including phenoxy) is 1. The van der Waals surface area contributed by atoms with Crippen molar-refractivity contribution in [2.24, 2.45) is 0 Å².